The number of rotatable bonds is 7. The van der Waals surface area contributed by atoms with Gasteiger partial charge in [-0.2, -0.15) is 0 Å². The van der Waals surface area contributed by atoms with Crippen molar-refractivity contribution in [2.75, 3.05) is 0 Å². The molecule has 5 heteroatoms. The van der Waals surface area contributed by atoms with Crippen LogP contribution in [0.1, 0.15) is 18.7 Å². The third-order valence-electron chi connectivity index (χ3n) is 12.2. The van der Waals surface area contributed by atoms with Gasteiger partial charge in [-0.05, 0) is 114 Å². The summed E-state index contributed by atoms with van der Waals surface area (Å²) >= 11 is 0. The predicted molar refractivity (Wildman–Crippen MR) is 257 cm³/mol. The summed E-state index contributed by atoms with van der Waals surface area (Å²) in [6.07, 6.45) is 8.55. The van der Waals surface area contributed by atoms with Gasteiger partial charge < -0.3 is 9.13 Å². The summed E-state index contributed by atoms with van der Waals surface area (Å²) in [5.74, 6) is 1.98. The van der Waals surface area contributed by atoms with Crippen molar-refractivity contribution >= 4 is 49.2 Å². The molecule has 0 N–H and O–H groups in total. The van der Waals surface area contributed by atoms with Gasteiger partial charge in [0.15, 0.2) is 17.5 Å². The van der Waals surface area contributed by atoms with E-state index in [2.05, 4.69) is 203 Å². The molecule has 0 unspecified atom stereocenters. The van der Waals surface area contributed by atoms with Gasteiger partial charge in [-0.3, -0.25) is 0 Å². The van der Waals surface area contributed by atoms with Crippen molar-refractivity contribution in [1.82, 2.24) is 24.1 Å². The van der Waals surface area contributed by atoms with Crippen molar-refractivity contribution in [2.24, 2.45) is 0 Å². The first kappa shape index (κ1) is 35.8. The number of nitrogens with zero attached hydrogens (tertiary/aromatic N) is 5. The SMILES string of the molecule is C1=CC(c2nc(-c3ccccc3)nc(-c3cc(-c4ccc5c(c4)c4ccccc4n5-c4ccccc4)cc(-c4ccc5c(c4)c4ccccc4n5-c4ccccc4)c3)n2)=CCC1. The summed E-state index contributed by atoms with van der Waals surface area (Å²) in [6, 6.07) is 69.5. The van der Waals surface area contributed by atoms with Gasteiger partial charge in [0, 0.05) is 49.6 Å². The van der Waals surface area contributed by atoms with Crippen molar-refractivity contribution in [1.29, 1.82) is 0 Å². The minimum atomic E-state index is 0.639. The lowest BCUT2D eigenvalue weighted by Gasteiger charge is -2.14. The van der Waals surface area contributed by atoms with Crippen LogP contribution in [-0.4, -0.2) is 24.1 Å². The van der Waals surface area contributed by atoms with Gasteiger partial charge in [0.25, 0.3) is 0 Å². The molecule has 3 heterocycles. The van der Waals surface area contributed by atoms with Crippen molar-refractivity contribution in [3.8, 4) is 56.4 Å². The van der Waals surface area contributed by atoms with Crippen LogP contribution in [0.4, 0.5) is 0 Å². The third-order valence-corrected chi connectivity index (χ3v) is 12.2. The molecule has 0 spiro atoms. The van der Waals surface area contributed by atoms with E-state index in [9.17, 15) is 0 Å². The molecule has 8 aromatic carbocycles. The van der Waals surface area contributed by atoms with Crippen molar-refractivity contribution < 1.29 is 0 Å². The summed E-state index contributed by atoms with van der Waals surface area (Å²) < 4.78 is 4.73. The average molecular weight is 794 g/mol. The lowest BCUT2D eigenvalue weighted by molar-refractivity contribution is 1.01. The van der Waals surface area contributed by atoms with Gasteiger partial charge in [-0.1, -0.05) is 133 Å². The highest BCUT2D eigenvalue weighted by molar-refractivity contribution is 6.12. The molecule has 292 valence electrons. The van der Waals surface area contributed by atoms with E-state index in [1.165, 1.54) is 43.6 Å². The first-order valence-corrected chi connectivity index (χ1v) is 21.3. The molecule has 1 aliphatic rings. The average Bonchev–Trinajstić information content (AvgIpc) is 3.87. The van der Waals surface area contributed by atoms with Crippen LogP contribution in [0.5, 0.6) is 0 Å². The zero-order valence-corrected chi connectivity index (χ0v) is 33.9. The Labute approximate surface area is 359 Å². The molecule has 62 heavy (non-hydrogen) atoms. The highest BCUT2D eigenvalue weighted by Gasteiger charge is 2.19. The molecule has 1 aliphatic carbocycles. The van der Waals surface area contributed by atoms with E-state index in [1.807, 2.05) is 18.2 Å². The van der Waals surface area contributed by atoms with E-state index in [0.29, 0.717) is 17.5 Å². The Morgan fingerprint density at radius 2 is 0.774 bits per heavy atom. The van der Waals surface area contributed by atoms with E-state index in [1.54, 1.807) is 0 Å². The zero-order chi connectivity index (χ0) is 41.0. The number of para-hydroxylation sites is 4. The molecule has 5 nitrogen and oxygen atoms in total. The minimum absolute atomic E-state index is 0.639. The van der Waals surface area contributed by atoms with Crippen LogP contribution < -0.4 is 0 Å². The van der Waals surface area contributed by atoms with Crippen LogP contribution in [-0.2, 0) is 0 Å². The number of allylic oxidation sites excluding steroid dienone is 4. The van der Waals surface area contributed by atoms with Crippen molar-refractivity contribution in [2.45, 2.75) is 12.8 Å². The highest BCUT2D eigenvalue weighted by atomic mass is 15.0. The number of benzene rings is 8. The Morgan fingerprint density at radius 1 is 0.323 bits per heavy atom. The van der Waals surface area contributed by atoms with Gasteiger partial charge >= 0.3 is 0 Å². The fourth-order valence-electron chi connectivity index (χ4n) is 9.24. The second-order valence-corrected chi connectivity index (χ2v) is 16.0. The number of fused-ring (bicyclic) bond motifs is 6. The van der Waals surface area contributed by atoms with E-state index in [0.717, 1.165) is 63.2 Å². The number of hydrogen-bond acceptors (Lipinski definition) is 3. The molecule has 0 fully saturated rings. The van der Waals surface area contributed by atoms with Crippen LogP contribution in [0, 0.1) is 0 Å². The minimum Gasteiger partial charge on any atom is -0.309 e. The molecule has 3 aromatic heterocycles. The Bertz CT molecular complexity index is 3380. The molecule has 12 rings (SSSR count). The van der Waals surface area contributed by atoms with Crippen molar-refractivity contribution in [3.05, 3.63) is 218 Å². The Hall–Kier alpha value is -8.15. The van der Waals surface area contributed by atoms with Crippen LogP contribution in [0.2, 0.25) is 0 Å². The normalized spacial score (nSPS) is 12.7. The maximum absolute atomic E-state index is 5.23. The fraction of sp³-hybridized carbons (Fsp3) is 0.0351. The summed E-state index contributed by atoms with van der Waals surface area (Å²) in [6.45, 7) is 0. The molecule has 0 saturated carbocycles. The molecular formula is C57H39N5. The Kier molecular flexibility index (Phi) is 8.56. The molecule has 0 amide bonds. The van der Waals surface area contributed by atoms with E-state index < -0.39 is 0 Å². The molecule has 0 bridgehead atoms. The third kappa shape index (κ3) is 6.13. The second kappa shape index (κ2) is 14.8. The maximum atomic E-state index is 5.23. The summed E-state index contributed by atoms with van der Waals surface area (Å²) in [5, 5.41) is 4.84. The molecular weight excluding hydrogens is 755 g/mol. The maximum Gasteiger partial charge on any atom is 0.164 e. The number of hydrogen-bond donors (Lipinski definition) is 0. The molecule has 0 saturated heterocycles. The fourth-order valence-corrected chi connectivity index (χ4v) is 9.24. The first-order valence-electron chi connectivity index (χ1n) is 21.3. The standard InChI is InChI=1S/C57H39N5/c1-5-17-38(18-6-1)55-58-56(39-19-7-2-8-20-39)60-57(59-55)44-34-42(40-29-31-53-49(36-40)47-25-13-15-27-51(47)61(53)45-21-9-3-10-22-45)33-43(35-44)41-30-32-54-50(37-41)48-26-14-16-28-52(48)62(54)46-23-11-4-12-24-46/h1,3-7,9-37H,2,8H2. The molecule has 0 atom stereocenters. The number of aromatic nitrogens is 5. The topological polar surface area (TPSA) is 48.5 Å². The van der Waals surface area contributed by atoms with Gasteiger partial charge in [0.05, 0.1) is 22.1 Å². The van der Waals surface area contributed by atoms with Crippen LogP contribution in [0.25, 0.3) is 106 Å². The first-order chi connectivity index (χ1) is 30.7. The Morgan fingerprint density at radius 3 is 1.31 bits per heavy atom. The largest absolute Gasteiger partial charge is 0.309 e. The summed E-state index contributed by atoms with van der Waals surface area (Å²) in [5.41, 5.74) is 14.3. The predicted octanol–water partition coefficient (Wildman–Crippen LogP) is 14.5. The van der Waals surface area contributed by atoms with Gasteiger partial charge in [0.1, 0.15) is 0 Å². The van der Waals surface area contributed by atoms with Crippen molar-refractivity contribution in [3.63, 3.8) is 0 Å². The quantitative estimate of drug-likeness (QED) is 0.161. The van der Waals surface area contributed by atoms with E-state index >= 15 is 0 Å². The van der Waals surface area contributed by atoms with Gasteiger partial charge in [-0.15, -0.1) is 0 Å². The van der Waals surface area contributed by atoms with E-state index in [-0.39, 0.29) is 0 Å². The molecule has 0 aliphatic heterocycles. The summed E-state index contributed by atoms with van der Waals surface area (Å²) in [4.78, 5) is 15.5. The highest BCUT2D eigenvalue weighted by Crippen LogP contribution is 2.40. The van der Waals surface area contributed by atoms with Gasteiger partial charge in [-0.25, -0.2) is 15.0 Å². The molecule has 0 radical (unpaired) electrons. The van der Waals surface area contributed by atoms with Crippen LogP contribution in [0.15, 0.2) is 212 Å². The second-order valence-electron chi connectivity index (χ2n) is 16.0. The van der Waals surface area contributed by atoms with Crippen LogP contribution >= 0.6 is 0 Å². The lowest BCUT2D eigenvalue weighted by atomic mass is 9.94. The monoisotopic (exact) mass is 793 g/mol. The zero-order valence-electron chi connectivity index (χ0n) is 33.9. The summed E-state index contributed by atoms with van der Waals surface area (Å²) in [7, 11) is 0. The van der Waals surface area contributed by atoms with Crippen LogP contribution in [0.3, 0.4) is 0 Å². The smallest absolute Gasteiger partial charge is 0.164 e. The van der Waals surface area contributed by atoms with E-state index in [4.69, 9.17) is 15.0 Å². The van der Waals surface area contributed by atoms with Gasteiger partial charge in [0.2, 0.25) is 0 Å². The lowest BCUT2D eigenvalue weighted by Crippen LogP contribution is -2.03. The molecule has 11 aromatic rings. The Balaban J connectivity index is 1.09.